The molecule has 0 heterocycles. The van der Waals surface area contributed by atoms with Crippen LogP contribution in [-0.4, -0.2) is 0 Å². The Balaban J connectivity index is 2.05. The number of benzene rings is 2. The van der Waals surface area contributed by atoms with E-state index in [1.807, 2.05) is 24.3 Å². The van der Waals surface area contributed by atoms with Gasteiger partial charge in [-0.2, -0.15) is 0 Å². The lowest BCUT2D eigenvalue weighted by molar-refractivity contribution is 0.628. The molecule has 0 atom stereocenters. The van der Waals surface area contributed by atoms with E-state index in [1.54, 1.807) is 6.07 Å². The summed E-state index contributed by atoms with van der Waals surface area (Å²) in [6, 6.07) is 12.5. The van der Waals surface area contributed by atoms with Gasteiger partial charge in [0.15, 0.2) is 0 Å². The smallest absolute Gasteiger partial charge is 0.125 e. The van der Waals surface area contributed by atoms with E-state index >= 15 is 0 Å². The van der Waals surface area contributed by atoms with Gasteiger partial charge >= 0.3 is 0 Å². The van der Waals surface area contributed by atoms with Crippen LogP contribution in [-0.2, 0) is 6.54 Å². The molecular weight excluding hydrogens is 349 g/mol. The van der Waals surface area contributed by atoms with Crippen LogP contribution in [0.3, 0.4) is 0 Å². The van der Waals surface area contributed by atoms with E-state index in [1.165, 1.54) is 12.1 Å². The third-order valence-corrected chi connectivity index (χ3v) is 4.18. The van der Waals surface area contributed by atoms with Gasteiger partial charge in [-0.1, -0.05) is 12.1 Å². The van der Waals surface area contributed by atoms with E-state index < -0.39 is 0 Å². The van der Waals surface area contributed by atoms with Gasteiger partial charge in [0, 0.05) is 21.2 Å². The van der Waals surface area contributed by atoms with Crippen molar-refractivity contribution in [3.63, 3.8) is 0 Å². The van der Waals surface area contributed by atoms with Crippen molar-refractivity contribution < 1.29 is 4.39 Å². The predicted octanol–water partition coefficient (Wildman–Crippen LogP) is 4.96. The minimum absolute atomic E-state index is 0.230. The number of rotatable bonds is 3. The van der Waals surface area contributed by atoms with Crippen LogP contribution < -0.4 is 5.32 Å². The fourth-order valence-electron chi connectivity index (χ4n) is 1.45. The first-order chi connectivity index (χ1) is 8.15. The van der Waals surface area contributed by atoms with Crippen molar-refractivity contribution in [3.05, 3.63) is 62.8 Å². The highest BCUT2D eigenvalue weighted by atomic mass is 79.9. The second kappa shape index (κ2) is 5.65. The van der Waals surface area contributed by atoms with Gasteiger partial charge in [0.05, 0.1) is 0 Å². The maximum Gasteiger partial charge on any atom is 0.125 e. The normalized spacial score (nSPS) is 10.3. The Hall–Kier alpha value is -0.870. The minimum Gasteiger partial charge on any atom is -0.381 e. The molecule has 0 aliphatic rings. The summed E-state index contributed by atoms with van der Waals surface area (Å²) in [5, 5.41) is 3.17. The Morgan fingerprint density at radius 1 is 1.00 bits per heavy atom. The lowest BCUT2D eigenvalue weighted by Gasteiger charge is -2.07. The quantitative estimate of drug-likeness (QED) is 0.817. The molecule has 2 rings (SSSR count). The lowest BCUT2D eigenvalue weighted by atomic mass is 10.2. The van der Waals surface area contributed by atoms with Gasteiger partial charge in [0.25, 0.3) is 0 Å². The zero-order chi connectivity index (χ0) is 12.3. The summed E-state index contributed by atoms with van der Waals surface area (Å²) < 4.78 is 15.0. The van der Waals surface area contributed by atoms with Gasteiger partial charge in [-0.25, -0.2) is 4.39 Å². The molecule has 4 heteroatoms. The van der Waals surface area contributed by atoms with Crippen LogP contribution in [0.25, 0.3) is 0 Å². The summed E-state index contributed by atoms with van der Waals surface area (Å²) in [4.78, 5) is 0. The first-order valence-corrected chi connectivity index (χ1v) is 6.67. The Labute approximate surface area is 116 Å². The monoisotopic (exact) mass is 357 g/mol. The molecule has 0 aliphatic carbocycles. The summed E-state index contributed by atoms with van der Waals surface area (Å²) in [6.07, 6.45) is 0. The second-order valence-electron chi connectivity index (χ2n) is 3.61. The number of anilines is 1. The Bertz CT molecular complexity index is 529. The molecule has 0 aromatic heterocycles. The molecule has 0 amide bonds. The van der Waals surface area contributed by atoms with Crippen molar-refractivity contribution in [2.75, 3.05) is 5.32 Å². The topological polar surface area (TPSA) is 12.0 Å². The van der Waals surface area contributed by atoms with Gasteiger partial charge in [0.1, 0.15) is 5.82 Å². The van der Waals surface area contributed by atoms with Crippen LogP contribution in [0.2, 0.25) is 0 Å². The molecule has 0 saturated carbocycles. The fraction of sp³-hybridized carbons (Fsp3) is 0.0769. The van der Waals surface area contributed by atoms with Gasteiger partial charge in [-0.3, -0.25) is 0 Å². The molecule has 0 saturated heterocycles. The molecule has 0 fully saturated rings. The van der Waals surface area contributed by atoms with Gasteiger partial charge in [-0.15, -0.1) is 0 Å². The highest BCUT2D eigenvalue weighted by Crippen LogP contribution is 2.24. The van der Waals surface area contributed by atoms with E-state index in [2.05, 4.69) is 37.2 Å². The highest BCUT2D eigenvalue weighted by molar-refractivity contribution is 9.13. The molecule has 0 radical (unpaired) electrons. The van der Waals surface area contributed by atoms with Crippen LogP contribution in [0.4, 0.5) is 10.1 Å². The van der Waals surface area contributed by atoms with Crippen molar-refractivity contribution in [2.24, 2.45) is 0 Å². The van der Waals surface area contributed by atoms with Crippen LogP contribution in [0.5, 0.6) is 0 Å². The van der Waals surface area contributed by atoms with Crippen molar-refractivity contribution in [1.29, 1.82) is 0 Å². The van der Waals surface area contributed by atoms with Crippen molar-refractivity contribution in [1.82, 2.24) is 0 Å². The first kappa shape index (κ1) is 12.6. The summed E-state index contributed by atoms with van der Waals surface area (Å²) in [5.74, 6) is -0.230. The summed E-state index contributed by atoms with van der Waals surface area (Å²) >= 11 is 6.87. The maximum atomic E-state index is 13.0. The zero-order valence-corrected chi connectivity index (χ0v) is 12.1. The van der Waals surface area contributed by atoms with E-state index in [4.69, 9.17) is 0 Å². The largest absolute Gasteiger partial charge is 0.381 e. The SMILES string of the molecule is Fc1cccc(NCc2ccc(Br)c(Br)c2)c1. The van der Waals surface area contributed by atoms with Crippen LogP contribution in [0, 0.1) is 5.82 Å². The number of hydrogen-bond donors (Lipinski definition) is 1. The molecule has 2 aromatic carbocycles. The summed E-state index contributed by atoms with van der Waals surface area (Å²) in [6.45, 7) is 0.662. The Kier molecular flexibility index (Phi) is 4.18. The fourth-order valence-corrected chi connectivity index (χ4v) is 2.12. The molecule has 2 aromatic rings. The van der Waals surface area contributed by atoms with Gasteiger partial charge in [-0.05, 0) is 67.8 Å². The summed E-state index contributed by atoms with van der Waals surface area (Å²) in [7, 11) is 0. The van der Waals surface area contributed by atoms with Crippen LogP contribution in [0.15, 0.2) is 51.4 Å². The lowest BCUT2D eigenvalue weighted by Crippen LogP contribution is -1.99. The van der Waals surface area contributed by atoms with E-state index in [9.17, 15) is 4.39 Å². The van der Waals surface area contributed by atoms with Crippen LogP contribution >= 0.6 is 31.9 Å². The molecular formula is C13H10Br2FN. The zero-order valence-electron chi connectivity index (χ0n) is 8.88. The number of hydrogen-bond acceptors (Lipinski definition) is 1. The molecule has 0 bridgehead atoms. The van der Waals surface area contributed by atoms with Gasteiger partial charge in [0.2, 0.25) is 0 Å². The predicted molar refractivity (Wildman–Crippen MR) is 75.6 cm³/mol. The summed E-state index contributed by atoms with van der Waals surface area (Å²) in [5.41, 5.74) is 1.91. The Morgan fingerprint density at radius 2 is 1.82 bits per heavy atom. The van der Waals surface area contributed by atoms with Gasteiger partial charge < -0.3 is 5.32 Å². The number of halogens is 3. The van der Waals surface area contributed by atoms with E-state index in [0.717, 1.165) is 20.2 Å². The third-order valence-electron chi connectivity index (χ3n) is 2.31. The standard InChI is InChI=1S/C13H10Br2FN/c14-12-5-4-9(6-13(12)15)8-17-11-3-1-2-10(16)7-11/h1-7,17H,8H2. The molecule has 17 heavy (non-hydrogen) atoms. The average molecular weight is 359 g/mol. The molecule has 0 unspecified atom stereocenters. The molecule has 88 valence electrons. The van der Waals surface area contributed by atoms with Crippen molar-refractivity contribution in [2.45, 2.75) is 6.54 Å². The van der Waals surface area contributed by atoms with Crippen molar-refractivity contribution >= 4 is 37.5 Å². The number of nitrogens with one attached hydrogen (secondary N) is 1. The molecule has 1 N–H and O–H groups in total. The second-order valence-corrected chi connectivity index (χ2v) is 5.32. The Morgan fingerprint density at radius 3 is 2.53 bits per heavy atom. The highest BCUT2D eigenvalue weighted by Gasteiger charge is 1.99. The molecule has 0 spiro atoms. The third kappa shape index (κ3) is 3.54. The average Bonchev–Trinajstić information content (AvgIpc) is 2.31. The van der Waals surface area contributed by atoms with E-state index in [-0.39, 0.29) is 5.82 Å². The molecule has 1 nitrogen and oxygen atoms in total. The first-order valence-electron chi connectivity index (χ1n) is 5.08. The van der Waals surface area contributed by atoms with Crippen molar-refractivity contribution in [3.8, 4) is 0 Å². The maximum absolute atomic E-state index is 13.0. The van der Waals surface area contributed by atoms with Crippen LogP contribution in [0.1, 0.15) is 5.56 Å². The molecule has 0 aliphatic heterocycles. The minimum atomic E-state index is -0.230. The van der Waals surface area contributed by atoms with E-state index in [0.29, 0.717) is 6.54 Å².